The summed E-state index contributed by atoms with van der Waals surface area (Å²) in [6, 6.07) is 8.53. The Morgan fingerprint density at radius 2 is 2.00 bits per heavy atom. The highest BCUT2D eigenvalue weighted by Gasteiger charge is 2.32. The van der Waals surface area contributed by atoms with E-state index in [9.17, 15) is 4.79 Å². The Labute approximate surface area is 154 Å². The molecule has 2 aliphatic heterocycles. The predicted molar refractivity (Wildman–Crippen MR) is 101 cm³/mol. The lowest BCUT2D eigenvalue weighted by atomic mass is 9.96. The largest absolute Gasteiger partial charge is 0.318 e. The second kappa shape index (κ2) is 7.19. The second-order valence-corrected chi connectivity index (χ2v) is 7.47. The van der Waals surface area contributed by atoms with Crippen molar-refractivity contribution in [3.63, 3.8) is 0 Å². The van der Waals surface area contributed by atoms with Crippen LogP contribution in [0.3, 0.4) is 0 Å². The average molecular weight is 353 g/mol. The number of carbonyl (C=O) groups excluding carboxylic acids is 1. The van der Waals surface area contributed by atoms with Crippen molar-refractivity contribution in [1.29, 1.82) is 0 Å². The van der Waals surface area contributed by atoms with Crippen molar-refractivity contribution < 1.29 is 4.79 Å². The molecular formula is C20H27N5O. The Bertz CT molecular complexity index is 778. The van der Waals surface area contributed by atoms with Crippen LogP contribution in [0.4, 0.5) is 5.69 Å². The molecule has 1 aromatic carbocycles. The molecule has 1 saturated heterocycles. The third kappa shape index (κ3) is 3.14. The number of aryl methyl sites for hydroxylation is 1. The van der Waals surface area contributed by atoms with Crippen molar-refractivity contribution in [1.82, 2.24) is 19.7 Å². The standard InChI is InChI=1S/C20H27N5O/c1-3-24-14-21-22-20(24)16-8-10-23(11-9-16)13-19(26)25-15(2)12-17-6-4-5-7-18(17)25/h4-7,14-16H,3,8-13H2,1-2H3. The Balaban J connectivity index is 1.37. The zero-order chi connectivity index (χ0) is 18.1. The molecule has 0 aliphatic carbocycles. The van der Waals surface area contributed by atoms with Gasteiger partial charge in [-0.1, -0.05) is 18.2 Å². The van der Waals surface area contributed by atoms with Crippen molar-refractivity contribution in [2.75, 3.05) is 24.5 Å². The maximum absolute atomic E-state index is 13.0. The molecular weight excluding hydrogens is 326 g/mol. The summed E-state index contributed by atoms with van der Waals surface area (Å²) < 4.78 is 2.13. The van der Waals surface area contributed by atoms with Gasteiger partial charge in [0, 0.05) is 24.2 Å². The van der Waals surface area contributed by atoms with Crippen LogP contribution in [0.5, 0.6) is 0 Å². The van der Waals surface area contributed by atoms with Crippen molar-refractivity contribution in [3.8, 4) is 0 Å². The minimum Gasteiger partial charge on any atom is -0.318 e. The zero-order valence-electron chi connectivity index (χ0n) is 15.6. The summed E-state index contributed by atoms with van der Waals surface area (Å²) in [4.78, 5) is 17.2. The molecule has 6 heteroatoms. The van der Waals surface area contributed by atoms with Gasteiger partial charge in [0.25, 0.3) is 0 Å². The van der Waals surface area contributed by atoms with Crippen molar-refractivity contribution in [2.45, 2.75) is 51.6 Å². The highest BCUT2D eigenvalue weighted by molar-refractivity contribution is 5.97. The van der Waals surface area contributed by atoms with Crippen LogP contribution in [0.1, 0.15) is 44.0 Å². The highest BCUT2D eigenvalue weighted by atomic mass is 16.2. The third-order valence-corrected chi connectivity index (χ3v) is 5.77. The quantitative estimate of drug-likeness (QED) is 0.847. The molecule has 2 aromatic rings. The lowest BCUT2D eigenvalue weighted by molar-refractivity contribution is -0.120. The van der Waals surface area contributed by atoms with Gasteiger partial charge >= 0.3 is 0 Å². The van der Waals surface area contributed by atoms with E-state index in [1.165, 1.54) is 5.56 Å². The average Bonchev–Trinajstić information content (AvgIpc) is 3.25. The Morgan fingerprint density at radius 3 is 2.77 bits per heavy atom. The summed E-state index contributed by atoms with van der Waals surface area (Å²) in [6.07, 6.45) is 4.85. The zero-order valence-corrected chi connectivity index (χ0v) is 15.6. The monoisotopic (exact) mass is 353 g/mol. The molecule has 6 nitrogen and oxygen atoms in total. The summed E-state index contributed by atoms with van der Waals surface area (Å²) >= 11 is 0. The lowest BCUT2D eigenvalue weighted by Crippen LogP contribution is -2.45. The number of piperidine rings is 1. The molecule has 1 atom stereocenters. The third-order valence-electron chi connectivity index (χ3n) is 5.77. The number of likely N-dealkylation sites (tertiary alicyclic amines) is 1. The van der Waals surface area contributed by atoms with E-state index in [4.69, 9.17) is 0 Å². The van der Waals surface area contributed by atoms with Crippen LogP contribution in [0, 0.1) is 0 Å². The molecule has 138 valence electrons. The van der Waals surface area contributed by atoms with Crippen molar-refractivity contribution in [3.05, 3.63) is 42.0 Å². The number of carbonyl (C=O) groups is 1. The molecule has 2 aliphatic rings. The number of anilines is 1. The fourth-order valence-electron chi connectivity index (χ4n) is 4.39. The van der Waals surface area contributed by atoms with Gasteiger partial charge < -0.3 is 9.47 Å². The van der Waals surface area contributed by atoms with Crippen LogP contribution < -0.4 is 4.90 Å². The Morgan fingerprint density at radius 1 is 1.23 bits per heavy atom. The molecule has 1 fully saturated rings. The van der Waals surface area contributed by atoms with Gasteiger partial charge in [0.15, 0.2) is 0 Å². The molecule has 26 heavy (non-hydrogen) atoms. The summed E-state index contributed by atoms with van der Waals surface area (Å²) in [5.74, 6) is 1.77. The summed E-state index contributed by atoms with van der Waals surface area (Å²) in [5.41, 5.74) is 2.38. The Kier molecular flexibility index (Phi) is 4.76. The number of benzene rings is 1. The first-order valence-electron chi connectivity index (χ1n) is 9.67. The van der Waals surface area contributed by atoms with Gasteiger partial charge in [0.1, 0.15) is 12.2 Å². The van der Waals surface area contributed by atoms with E-state index in [0.717, 1.165) is 50.4 Å². The summed E-state index contributed by atoms with van der Waals surface area (Å²) in [6.45, 7) is 7.56. The molecule has 0 spiro atoms. The van der Waals surface area contributed by atoms with E-state index < -0.39 is 0 Å². The normalized spacial score (nSPS) is 21.2. The number of para-hydroxylation sites is 1. The smallest absolute Gasteiger partial charge is 0.241 e. The van der Waals surface area contributed by atoms with E-state index in [2.05, 4.69) is 51.7 Å². The maximum Gasteiger partial charge on any atom is 0.241 e. The van der Waals surface area contributed by atoms with Gasteiger partial charge in [-0.15, -0.1) is 10.2 Å². The summed E-state index contributed by atoms with van der Waals surface area (Å²) in [5, 5.41) is 8.37. The van der Waals surface area contributed by atoms with E-state index in [-0.39, 0.29) is 11.9 Å². The van der Waals surface area contributed by atoms with E-state index in [1.807, 2.05) is 17.3 Å². The summed E-state index contributed by atoms with van der Waals surface area (Å²) in [7, 11) is 0. The van der Waals surface area contributed by atoms with Gasteiger partial charge in [-0.25, -0.2) is 0 Å². The van der Waals surface area contributed by atoms with E-state index in [0.29, 0.717) is 12.5 Å². The molecule has 1 amide bonds. The molecule has 1 aromatic heterocycles. The lowest BCUT2D eigenvalue weighted by Gasteiger charge is -2.33. The first-order chi connectivity index (χ1) is 12.7. The molecule has 0 N–H and O–H groups in total. The number of aromatic nitrogens is 3. The number of hydrogen-bond acceptors (Lipinski definition) is 4. The molecule has 3 heterocycles. The number of nitrogens with zero attached hydrogens (tertiary/aromatic N) is 5. The van der Waals surface area contributed by atoms with Crippen LogP contribution >= 0.6 is 0 Å². The topological polar surface area (TPSA) is 54.3 Å². The fourth-order valence-corrected chi connectivity index (χ4v) is 4.39. The van der Waals surface area contributed by atoms with Crippen molar-refractivity contribution in [2.24, 2.45) is 0 Å². The highest BCUT2D eigenvalue weighted by Crippen LogP contribution is 2.32. The van der Waals surface area contributed by atoms with Crippen LogP contribution in [0.25, 0.3) is 0 Å². The predicted octanol–water partition coefficient (Wildman–Crippen LogP) is 2.46. The van der Waals surface area contributed by atoms with E-state index in [1.54, 1.807) is 0 Å². The van der Waals surface area contributed by atoms with E-state index >= 15 is 0 Å². The first kappa shape index (κ1) is 17.2. The molecule has 1 unspecified atom stereocenters. The fraction of sp³-hybridized carbons (Fsp3) is 0.550. The number of rotatable bonds is 4. The second-order valence-electron chi connectivity index (χ2n) is 7.47. The van der Waals surface area contributed by atoms with Gasteiger partial charge in [-0.3, -0.25) is 9.69 Å². The van der Waals surface area contributed by atoms with Crippen LogP contribution in [-0.2, 0) is 17.8 Å². The minimum atomic E-state index is 0.220. The van der Waals surface area contributed by atoms with Gasteiger partial charge in [0.2, 0.25) is 5.91 Å². The van der Waals surface area contributed by atoms with Gasteiger partial charge in [0.05, 0.1) is 6.54 Å². The Hall–Kier alpha value is -2.21. The molecule has 0 radical (unpaired) electrons. The van der Waals surface area contributed by atoms with Gasteiger partial charge in [-0.2, -0.15) is 0 Å². The molecule has 0 bridgehead atoms. The number of hydrogen-bond donors (Lipinski definition) is 0. The SMILES string of the molecule is CCn1cnnc1C1CCN(CC(=O)N2c3ccccc3CC2C)CC1. The molecule has 4 rings (SSSR count). The van der Waals surface area contributed by atoms with Gasteiger partial charge in [-0.05, 0) is 57.8 Å². The number of amides is 1. The van der Waals surface area contributed by atoms with Crippen LogP contribution in [0.15, 0.2) is 30.6 Å². The van der Waals surface area contributed by atoms with Crippen LogP contribution in [-0.4, -0.2) is 51.2 Å². The minimum absolute atomic E-state index is 0.220. The molecule has 0 saturated carbocycles. The first-order valence-corrected chi connectivity index (χ1v) is 9.67. The van der Waals surface area contributed by atoms with Crippen LogP contribution in [0.2, 0.25) is 0 Å². The number of fused-ring (bicyclic) bond motifs is 1. The van der Waals surface area contributed by atoms with Crippen molar-refractivity contribution >= 4 is 11.6 Å². The maximum atomic E-state index is 13.0.